The number of likely N-dealkylation sites (tertiary alicyclic amines) is 1. The Labute approximate surface area is 225 Å². The molecule has 0 unspecified atom stereocenters. The zero-order chi connectivity index (χ0) is 24.4. The zero-order valence-corrected chi connectivity index (χ0v) is 21.7. The lowest BCUT2D eigenvalue weighted by atomic mass is 9.94. The summed E-state index contributed by atoms with van der Waals surface area (Å²) >= 11 is 0. The lowest BCUT2D eigenvalue weighted by Gasteiger charge is -2.36. The minimum Gasteiger partial charge on any atom is -0.480 e. The summed E-state index contributed by atoms with van der Waals surface area (Å²) in [4.78, 5) is 30.6. The van der Waals surface area contributed by atoms with Gasteiger partial charge in [-0.05, 0) is 48.2 Å². The van der Waals surface area contributed by atoms with E-state index in [0.717, 1.165) is 17.6 Å². The second-order valence-corrected chi connectivity index (χ2v) is 9.06. The molecule has 2 aromatic heterocycles. The number of hydrogen-bond donors (Lipinski definition) is 3. The summed E-state index contributed by atoms with van der Waals surface area (Å²) in [5.41, 5.74) is 1.20. The van der Waals surface area contributed by atoms with Crippen LogP contribution in [0.2, 0.25) is 0 Å². The largest absolute Gasteiger partial charge is 0.480 e. The molecule has 0 spiro atoms. The number of anilines is 1. The van der Waals surface area contributed by atoms with E-state index in [-0.39, 0.29) is 54.6 Å². The van der Waals surface area contributed by atoms with Gasteiger partial charge in [0.1, 0.15) is 5.82 Å². The molecule has 0 bridgehead atoms. The van der Waals surface area contributed by atoms with Crippen molar-refractivity contribution in [2.24, 2.45) is 5.92 Å². The van der Waals surface area contributed by atoms with Gasteiger partial charge in [-0.15, -0.1) is 24.8 Å². The van der Waals surface area contributed by atoms with Crippen LogP contribution >= 0.6 is 24.8 Å². The van der Waals surface area contributed by atoms with E-state index in [9.17, 15) is 19.1 Å². The molecule has 2 aliphatic rings. The van der Waals surface area contributed by atoms with Crippen molar-refractivity contribution in [3.8, 4) is 5.75 Å². The first-order valence-electron chi connectivity index (χ1n) is 11.8. The fourth-order valence-electron chi connectivity index (χ4n) is 4.72. The van der Waals surface area contributed by atoms with Crippen molar-refractivity contribution < 1.29 is 19.0 Å². The van der Waals surface area contributed by atoms with Gasteiger partial charge >= 0.3 is 0 Å². The highest BCUT2D eigenvalue weighted by Gasteiger charge is 2.27. The fraction of sp³-hybridized carbons (Fsp3) is 0.400. The predicted octanol–water partition coefficient (Wildman–Crippen LogP) is 2.18. The number of hydrogen-bond acceptors (Lipinski definition) is 7. The fourth-order valence-corrected chi connectivity index (χ4v) is 4.72. The Bertz CT molecular complexity index is 1310. The molecule has 2 atom stereocenters. The Kier molecular flexibility index (Phi) is 9.86. The molecule has 1 amide bonds. The van der Waals surface area contributed by atoms with Crippen molar-refractivity contribution in [3.63, 3.8) is 0 Å². The molecule has 1 saturated heterocycles. The third kappa shape index (κ3) is 6.77. The van der Waals surface area contributed by atoms with E-state index in [4.69, 9.17) is 4.74 Å². The monoisotopic (exact) mass is 553 g/mol. The molecule has 3 aromatic rings. The van der Waals surface area contributed by atoms with Crippen LogP contribution in [0, 0.1) is 11.7 Å². The Hall–Kier alpha value is -2.76. The summed E-state index contributed by atoms with van der Waals surface area (Å²) in [7, 11) is 0. The van der Waals surface area contributed by atoms with Gasteiger partial charge in [0.15, 0.2) is 18.2 Å². The summed E-state index contributed by atoms with van der Waals surface area (Å²) < 4.78 is 20.7. The number of aliphatic hydroxyl groups excluding tert-OH is 1. The average molecular weight is 554 g/mol. The molecule has 5 rings (SSSR count). The van der Waals surface area contributed by atoms with E-state index in [1.165, 1.54) is 18.2 Å². The minimum atomic E-state index is -0.419. The number of halogens is 3. The molecule has 1 fully saturated rings. The SMILES string of the molecule is Cl.Cl.O=C1COc2ccc(CNC[C@@H]3CN(CCn4c(=O)ccc5ccc(F)cc54)CC[C@@H]3O)nc2N1. The van der Waals surface area contributed by atoms with Gasteiger partial charge < -0.3 is 29.9 Å². The number of amides is 1. The van der Waals surface area contributed by atoms with Crippen LogP contribution in [0.25, 0.3) is 10.9 Å². The van der Waals surface area contributed by atoms with Crippen LogP contribution in [0.15, 0.2) is 47.3 Å². The van der Waals surface area contributed by atoms with Crippen molar-refractivity contribution >= 4 is 47.4 Å². The van der Waals surface area contributed by atoms with Crippen molar-refractivity contribution in [1.82, 2.24) is 19.8 Å². The molecule has 37 heavy (non-hydrogen) atoms. The van der Waals surface area contributed by atoms with E-state index in [2.05, 4.69) is 20.5 Å². The van der Waals surface area contributed by atoms with Crippen LogP contribution in [0.3, 0.4) is 0 Å². The van der Waals surface area contributed by atoms with Crippen LogP contribution in [0.4, 0.5) is 10.2 Å². The number of fused-ring (bicyclic) bond motifs is 2. The Balaban J connectivity index is 0.00000190. The molecular formula is C25H30Cl2FN5O4. The van der Waals surface area contributed by atoms with Gasteiger partial charge in [-0.1, -0.05) is 0 Å². The van der Waals surface area contributed by atoms with Gasteiger partial charge in [-0.25, -0.2) is 9.37 Å². The Morgan fingerprint density at radius 3 is 2.78 bits per heavy atom. The second kappa shape index (κ2) is 12.7. The van der Waals surface area contributed by atoms with E-state index >= 15 is 0 Å². The number of nitrogens with zero attached hydrogens (tertiary/aromatic N) is 3. The van der Waals surface area contributed by atoms with E-state index < -0.39 is 6.10 Å². The highest BCUT2D eigenvalue weighted by Crippen LogP contribution is 2.25. The van der Waals surface area contributed by atoms with Crippen LogP contribution in [0.5, 0.6) is 5.75 Å². The first kappa shape index (κ1) is 28.8. The molecule has 200 valence electrons. The third-order valence-corrected chi connectivity index (χ3v) is 6.62. The summed E-state index contributed by atoms with van der Waals surface area (Å²) in [5, 5.41) is 17.4. The zero-order valence-electron chi connectivity index (χ0n) is 20.1. The first-order valence-corrected chi connectivity index (χ1v) is 11.8. The number of pyridine rings is 2. The quantitative estimate of drug-likeness (QED) is 0.411. The molecule has 2 aliphatic heterocycles. The van der Waals surface area contributed by atoms with Crippen molar-refractivity contribution in [3.05, 3.63) is 64.3 Å². The van der Waals surface area contributed by atoms with Gasteiger partial charge in [0.05, 0.1) is 17.3 Å². The number of nitrogens with one attached hydrogen (secondary N) is 2. The number of ether oxygens (including phenoxy) is 1. The smallest absolute Gasteiger partial charge is 0.263 e. The topological polar surface area (TPSA) is 109 Å². The maximum Gasteiger partial charge on any atom is 0.263 e. The van der Waals surface area contributed by atoms with Gasteiger partial charge in [0, 0.05) is 51.3 Å². The first-order chi connectivity index (χ1) is 17.0. The van der Waals surface area contributed by atoms with Crippen LogP contribution in [-0.2, 0) is 17.9 Å². The summed E-state index contributed by atoms with van der Waals surface area (Å²) in [6, 6.07) is 11.3. The summed E-state index contributed by atoms with van der Waals surface area (Å²) in [6.45, 7) is 3.57. The van der Waals surface area contributed by atoms with Gasteiger partial charge in [-0.3, -0.25) is 9.59 Å². The van der Waals surface area contributed by atoms with E-state index in [1.54, 1.807) is 22.8 Å². The highest BCUT2D eigenvalue weighted by atomic mass is 35.5. The number of aromatic nitrogens is 2. The van der Waals surface area contributed by atoms with Crippen molar-refractivity contribution in [1.29, 1.82) is 0 Å². The summed E-state index contributed by atoms with van der Waals surface area (Å²) in [6.07, 6.45) is 0.226. The van der Waals surface area contributed by atoms with Crippen molar-refractivity contribution in [2.45, 2.75) is 25.6 Å². The lowest BCUT2D eigenvalue weighted by molar-refractivity contribution is -0.118. The maximum atomic E-state index is 13.8. The normalized spacial score (nSPS) is 19.2. The number of aliphatic hydroxyl groups is 1. The molecule has 0 radical (unpaired) electrons. The molecule has 3 N–H and O–H groups in total. The molecule has 9 nitrogen and oxygen atoms in total. The van der Waals surface area contributed by atoms with Gasteiger partial charge in [0.2, 0.25) is 0 Å². The molecular weight excluding hydrogens is 524 g/mol. The molecule has 1 aromatic carbocycles. The lowest BCUT2D eigenvalue weighted by Crippen LogP contribution is -2.48. The minimum absolute atomic E-state index is 0. The third-order valence-electron chi connectivity index (χ3n) is 6.62. The maximum absolute atomic E-state index is 13.8. The number of carbonyl (C=O) groups excluding carboxylic acids is 1. The van der Waals surface area contributed by atoms with Crippen molar-refractivity contribution in [2.75, 3.05) is 38.1 Å². The van der Waals surface area contributed by atoms with Crippen LogP contribution < -0.4 is 20.9 Å². The van der Waals surface area contributed by atoms with Gasteiger partial charge in [0.25, 0.3) is 11.5 Å². The second-order valence-electron chi connectivity index (χ2n) is 9.06. The van der Waals surface area contributed by atoms with Gasteiger partial charge in [-0.2, -0.15) is 0 Å². The average Bonchev–Trinajstić information content (AvgIpc) is 2.85. The molecule has 12 heteroatoms. The Morgan fingerprint density at radius 2 is 1.95 bits per heavy atom. The Morgan fingerprint density at radius 1 is 1.14 bits per heavy atom. The van der Waals surface area contributed by atoms with Crippen LogP contribution in [0.1, 0.15) is 12.1 Å². The number of piperidine rings is 1. The molecule has 0 aliphatic carbocycles. The summed E-state index contributed by atoms with van der Waals surface area (Å²) in [5.74, 6) is 0.405. The number of rotatable bonds is 7. The number of carbonyl (C=O) groups is 1. The number of benzene rings is 1. The van der Waals surface area contributed by atoms with E-state index in [1.807, 2.05) is 6.07 Å². The van der Waals surface area contributed by atoms with Crippen LogP contribution in [-0.4, -0.2) is 64.4 Å². The molecule has 0 saturated carbocycles. The standard InChI is InChI=1S/C25H28FN5O4.2ClH/c26-18-3-1-16-2-6-24(34)31(20(16)11-18)10-9-30-8-7-21(32)17(14-30)12-27-13-19-4-5-22-25(28-19)29-23(33)15-35-22;;/h1-6,11,17,21,27,32H,7-10,12-15H2,(H,28,29,33);2*1H/t17-,21+;;/m1../s1. The molecule has 4 heterocycles. The predicted molar refractivity (Wildman–Crippen MR) is 143 cm³/mol. The highest BCUT2D eigenvalue weighted by molar-refractivity contribution is 5.94. The van der Waals surface area contributed by atoms with E-state index in [0.29, 0.717) is 56.2 Å².